The number of alkyl halides is 3. The number of anilines is 3. The van der Waals surface area contributed by atoms with Crippen LogP contribution in [0, 0.1) is 16.7 Å². The molecule has 1 aromatic heterocycles. The molecule has 2 aromatic rings. The number of nitrogens with one attached hydrogen (secondary N) is 2. The molecule has 2 heterocycles. The molecule has 2 aliphatic carbocycles. The summed E-state index contributed by atoms with van der Waals surface area (Å²) in [5, 5.41) is 11.2. The lowest BCUT2D eigenvalue weighted by molar-refractivity contribution is -0.134. The number of nitrogens with zero attached hydrogens (tertiary/aromatic N) is 4. The smallest absolute Gasteiger partial charge is 0.252 e. The molecule has 1 saturated heterocycles. The summed E-state index contributed by atoms with van der Waals surface area (Å²) in [6.07, 6.45) is 7.76. The van der Waals surface area contributed by atoms with Crippen molar-refractivity contribution in [2.45, 2.75) is 62.0 Å². The average Bonchev–Trinajstić information content (AvgIpc) is 3.36. The minimum absolute atomic E-state index is 0.0356. The number of allylic oxidation sites excluding steroid dienone is 3. The monoisotopic (exact) mass is 672 g/mol. The van der Waals surface area contributed by atoms with Crippen LogP contribution in [0.4, 0.5) is 26.0 Å². The van der Waals surface area contributed by atoms with Gasteiger partial charge in [-0.1, -0.05) is 37.3 Å². The molecule has 11 nitrogen and oxygen atoms in total. The number of benzene rings is 1. The van der Waals surface area contributed by atoms with Gasteiger partial charge >= 0.3 is 0 Å². The molecule has 3 amide bonds. The van der Waals surface area contributed by atoms with Gasteiger partial charge in [0.1, 0.15) is 17.9 Å². The van der Waals surface area contributed by atoms with Gasteiger partial charge in [-0.2, -0.15) is 5.26 Å². The minimum Gasteiger partial charge on any atom is -0.351 e. The van der Waals surface area contributed by atoms with E-state index in [4.69, 9.17) is 11.6 Å². The minimum atomic E-state index is -3.75. The maximum Gasteiger partial charge on any atom is 0.252 e. The second-order valence-corrected chi connectivity index (χ2v) is 14.1. The van der Waals surface area contributed by atoms with Crippen molar-refractivity contribution in [3.05, 3.63) is 72.5 Å². The van der Waals surface area contributed by atoms with Gasteiger partial charge in [-0.25, -0.2) is 22.2 Å². The van der Waals surface area contributed by atoms with Crippen molar-refractivity contribution in [3.63, 3.8) is 0 Å². The quantitative estimate of drug-likeness (QED) is 0.384. The van der Waals surface area contributed by atoms with Gasteiger partial charge < -0.3 is 5.32 Å². The first kappa shape index (κ1) is 33.0. The summed E-state index contributed by atoms with van der Waals surface area (Å²) in [4.78, 5) is 48.8. The number of nitriles is 1. The zero-order valence-corrected chi connectivity index (χ0v) is 26.4. The van der Waals surface area contributed by atoms with Gasteiger partial charge in [0.25, 0.3) is 11.8 Å². The molecule has 242 valence electrons. The number of hydrogen-bond acceptors (Lipinski definition) is 7. The summed E-state index contributed by atoms with van der Waals surface area (Å²) in [6.45, 7) is 1.65. The normalized spacial score (nSPS) is 24.5. The maximum atomic E-state index is 14.9. The molecule has 4 atom stereocenters. The number of hydrogen-bond donors (Lipinski definition) is 2. The van der Waals surface area contributed by atoms with E-state index in [2.05, 4.69) is 15.0 Å². The Balaban J connectivity index is 1.65. The van der Waals surface area contributed by atoms with E-state index in [9.17, 15) is 36.8 Å². The third-order valence-electron chi connectivity index (χ3n) is 8.26. The number of pyridine rings is 1. The lowest BCUT2D eigenvalue weighted by Crippen LogP contribution is -2.64. The molecular weight excluding hydrogens is 642 g/mol. The number of amides is 3. The highest BCUT2D eigenvalue weighted by atomic mass is 35.5. The molecule has 15 heteroatoms. The van der Waals surface area contributed by atoms with Crippen molar-refractivity contribution in [2.75, 3.05) is 20.8 Å². The number of rotatable bonds is 9. The summed E-state index contributed by atoms with van der Waals surface area (Å²) in [5.74, 6) is -4.79. The Morgan fingerprint density at radius 2 is 1.96 bits per heavy atom. The number of sulfonamides is 1. The van der Waals surface area contributed by atoms with Crippen molar-refractivity contribution >= 4 is 56.5 Å². The van der Waals surface area contributed by atoms with E-state index in [1.54, 1.807) is 31.2 Å². The topological polar surface area (TPSA) is 153 Å². The highest BCUT2D eigenvalue weighted by molar-refractivity contribution is 7.92. The molecule has 5 rings (SSSR count). The molecule has 2 fully saturated rings. The van der Waals surface area contributed by atoms with Crippen LogP contribution < -0.4 is 19.8 Å². The van der Waals surface area contributed by atoms with E-state index >= 15 is 0 Å². The first-order chi connectivity index (χ1) is 21.6. The molecule has 1 saturated carbocycles. The zero-order valence-electron chi connectivity index (χ0n) is 24.9. The summed E-state index contributed by atoms with van der Waals surface area (Å²) in [6, 6.07) is 7.09. The Hall–Kier alpha value is -4.35. The van der Waals surface area contributed by atoms with E-state index in [0.717, 1.165) is 11.2 Å². The Kier molecular flexibility index (Phi) is 8.94. The lowest BCUT2D eigenvalue weighted by atomic mass is 9.74. The zero-order chi connectivity index (χ0) is 33.4. The lowest BCUT2D eigenvalue weighted by Gasteiger charge is -2.46. The van der Waals surface area contributed by atoms with Gasteiger partial charge in [0.2, 0.25) is 21.8 Å². The van der Waals surface area contributed by atoms with Crippen molar-refractivity contribution < 1.29 is 31.6 Å². The largest absolute Gasteiger partial charge is 0.351 e. The molecule has 0 bridgehead atoms. The molecule has 46 heavy (non-hydrogen) atoms. The second kappa shape index (κ2) is 12.4. The Labute approximate surface area is 270 Å². The van der Waals surface area contributed by atoms with Gasteiger partial charge in [0, 0.05) is 42.6 Å². The molecule has 2 unspecified atom stereocenters. The Morgan fingerprint density at radius 1 is 1.22 bits per heavy atom. The standard InChI is InChI=1S/C31H31ClF2N6O5S/c1-30(12-4-3-8-24(30)32)27(28(42)37-21-16-31(33,34)17-21)39(22-7-5-6-20(15-22)38-46(2,44)45)29(43)23-9-10-26(41)40(23)25-14-19(18-35)11-13-36-25/h3-8,11-15,21,23-24,27,38H,9-10,16-17H2,1-2H3,(H,37,42)/t23-,24?,27+,30?/m0/s1. The number of carbonyl (C=O) groups is 3. The Morgan fingerprint density at radius 3 is 2.61 bits per heavy atom. The highest BCUT2D eigenvalue weighted by Gasteiger charge is 2.53. The van der Waals surface area contributed by atoms with Gasteiger partial charge in [-0.3, -0.25) is 28.9 Å². The van der Waals surface area contributed by atoms with Gasteiger partial charge in [0.15, 0.2) is 0 Å². The Bertz CT molecular complexity index is 1770. The molecular formula is C31H31ClF2N6O5S. The van der Waals surface area contributed by atoms with Gasteiger partial charge in [0.05, 0.1) is 29.0 Å². The molecule has 2 N–H and O–H groups in total. The van der Waals surface area contributed by atoms with Gasteiger partial charge in [-0.15, -0.1) is 11.6 Å². The van der Waals surface area contributed by atoms with Crippen molar-refractivity contribution in [1.29, 1.82) is 5.26 Å². The van der Waals surface area contributed by atoms with Crippen LogP contribution in [0.1, 0.15) is 38.2 Å². The first-order valence-corrected chi connectivity index (χ1v) is 16.7. The fourth-order valence-electron chi connectivity index (χ4n) is 6.01. The van der Waals surface area contributed by atoms with Crippen LogP contribution in [0.2, 0.25) is 0 Å². The van der Waals surface area contributed by atoms with Crippen LogP contribution in [0.3, 0.4) is 0 Å². The molecule has 3 aliphatic rings. The van der Waals surface area contributed by atoms with Crippen molar-refractivity contribution in [3.8, 4) is 6.07 Å². The average molecular weight is 673 g/mol. The summed E-state index contributed by atoms with van der Waals surface area (Å²) < 4.78 is 54.1. The molecule has 0 spiro atoms. The van der Waals surface area contributed by atoms with Crippen LogP contribution in [0.25, 0.3) is 0 Å². The van der Waals surface area contributed by atoms with Crippen LogP contribution in [-0.4, -0.2) is 66.8 Å². The molecule has 1 aliphatic heterocycles. The highest BCUT2D eigenvalue weighted by Crippen LogP contribution is 2.43. The number of halogens is 3. The fraction of sp³-hybridized carbons (Fsp3) is 0.387. The van der Waals surface area contributed by atoms with E-state index in [-0.39, 0.29) is 35.6 Å². The first-order valence-electron chi connectivity index (χ1n) is 14.4. The number of aromatic nitrogens is 1. The van der Waals surface area contributed by atoms with E-state index in [0.29, 0.717) is 0 Å². The van der Waals surface area contributed by atoms with Crippen molar-refractivity contribution in [1.82, 2.24) is 10.3 Å². The summed E-state index contributed by atoms with van der Waals surface area (Å²) in [5.41, 5.74) is -0.929. The summed E-state index contributed by atoms with van der Waals surface area (Å²) >= 11 is 6.81. The third-order valence-corrected chi connectivity index (χ3v) is 9.48. The van der Waals surface area contributed by atoms with Crippen LogP contribution >= 0.6 is 11.6 Å². The fourth-order valence-corrected chi connectivity index (χ4v) is 6.84. The SMILES string of the molecule is CC1([C@@H](C(=O)NC2CC(F)(F)C2)N(C(=O)[C@@H]2CCC(=O)N2c2cc(C#N)ccn2)c2cccc(NS(C)(=O)=O)c2)C=CC=CC1Cl. The molecule has 1 aromatic carbocycles. The summed E-state index contributed by atoms with van der Waals surface area (Å²) in [7, 11) is -3.75. The number of carbonyl (C=O) groups excluding carboxylic acids is 3. The van der Waals surface area contributed by atoms with Crippen LogP contribution in [-0.2, 0) is 24.4 Å². The predicted octanol–water partition coefficient (Wildman–Crippen LogP) is 3.88. The second-order valence-electron chi connectivity index (χ2n) is 11.8. The molecule has 0 radical (unpaired) electrons. The van der Waals surface area contributed by atoms with Gasteiger partial charge in [-0.05, 0) is 36.8 Å². The van der Waals surface area contributed by atoms with E-state index in [1.165, 1.54) is 47.5 Å². The van der Waals surface area contributed by atoms with E-state index in [1.807, 2.05) is 6.07 Å². The van der Waals surface area contributed by atoms with Crippen LogP contribution in [0.15, 0.2) is 66.9 Å². The van der Waals surface area contributed by atoms with Crippen molar-refractivity contribution in [2.24, 2.45) is 5.41 Å². The predicted molar refractivity (Wildman–Crippen MR) is 168 cm³/mol. The maximum absolute atomic E-state index is 14.9. The van der Waals surface area contributed by atoms with Crippen LogP contribution in [0.5, 0.6) is 0 Å². The third kappa shape index (κ3) is 6.75. The van der Waals surface area contributed by atoms with E-state index < -0.39 is 75.4 Å².